The number of carbonyl (C=O) groups excluding carboxylic acids is 2. The maximum absolute atomic E-state index is 13.3. The van der Waals surface area contributed by atoms with Gasteiger partial charge in [0.15, 0.2) is 0 Å². The normalized spacial score (nSPS) is 19.9. The molecule has 0 heterocycles. The van der Waals surface area contributed by atoms with Crippen molar-refractivity contribution in [1.29, 1.82) is 0 Å². The number of ether oxygens (including phenoxy) is 1. The molecule has 0 radical (unpaired) electrons. The largest absolute Gasteiger partial charge is 0.480 e. The minimum Gasteiger partial charge on any atom is -0.480 e. The van der Waals surface area contributed by atoms with E-state index in [1.165, 1.54) is 6.92 Å². The van der Waals surface area contributed by atoms with Gasteiger partial charge in [0.1, 0.15) is 6.04 Å². The minimum absolute atomic E-state index is 0.0411. The van der Waals surface area contributed by atoms with E-state index in [-0.39, 0.29) is 24.0 Å². The summed E-state index contributed by atoms with van der Waals surface area (Å²) in [4.78, 5) is 39.5. The van der Waals surface area contributed by atoms with E-state index in [0.29, 0.717) is 18.5 Å². The van der Waals surface area contributed by atoms with Gasteiger partial charge in [-0.25, -0.2) is 4.79 Å². The first-order valence-electron chi connectivity index (χ1n) is 14.3. The average Bonchev–Trinajstić information content (AvgIpc) is 2.90. The summed E-state index contributed by atoms with van der Waals surface area (Å²) in [6.07, 6.45) is 3.08. The first-order valence-corrected chi connectivity index (χ1v) is 14.3. The molecular weight excluding hydrogens is 496 g/mol. The molecule has 1 aliphatic rings. The van der Waals surface area contributed by atoms with Crippen molar-refractivity contribution in [3.05, 3.63) is 41.5 Å². The third-order valence-corrected chi connectivity index (χ3v) is 7.37. The smallest absolute Gasteiger partial charge is 0.326 e. The van der Waals surface area contributed by atoms with Crippen LogP contribution in [0.2, 0.25) is 0 Å². The Morgan fingerprint density at radius 3 is 2.15 bits per heavy atom. The minimum atomic E-state index is -1.07. The van der Waals surface area contributed by atoms with Crippen molar-refractivity contribution in [2.24, 2.45) is 5.92 Å². The van der Waals surface area contributed by atoms with E-state index < -0.39 is 30.1 Å². The standard InChI is InChI=1S/C30H48N4O5/c1-8-24(9-2)39-26-17-22(29(36)33-27(19(5)6)30(37)38)16-25(28(26)32-20(7)35)31-18-21-12-14-23(15-13-21)34(10-3)11-4/h12-15,17,19,24-28,31H,8-11,16,18H2,1-7H3,(H,32,35)(H,33,36)(H,37,38)/t25-,26+,27+,28+/m0/s1. The summed E-state index contributed by atoms with van der Waals surface area (Å²) >= 11 is 0. The van der Waals surface area contributed by atoms with E-state index in [0.717, 1.165) is 37.2 Å². The van der Waals surface area contributed by atoms with Crippen LogP contribution in [-0.2, 0) is 25.7 Å². The molecule has 0 saturated heterocycles. The van der Waals surface area contributed by atoms with Gasteiger partial charge < -0.3 is 30.7 Å². The molecule has 0 bridgehead atoms. The summed E-state index contributed by atoms with van der Waals surface area (Å²) in [5, 5.41) is 18.9. The molecule has 9 heteroatoms. The van der Waals surface area contributed by atoms with Crippen molar-refractivity contribution in [2.75, 3.05) is 18.0 Å². The highest BCUT2D eigenvalue weighted by Crippen LogP contribution is 2.26. The number of carbonyl (C=O) groups is 3. The summed E-state index contributed by atoms with van der Waals surface area (Å²) < 4.78 is 6.40. The quantitative estimate of drug-likeness (QED) is 0.266. The molecule has 0 aromatic heterocycles. The van der Waals surface area contributed by atoms with Crippen LogP contribution in [-0.4, -0.2) is 66.3 Å². The second-order valence-corrected chi connectivity index (χ2v) is 10.5. The number of nitrogens with zero attached hydrogens (tertiary/aromatic N) is 1. The van der Waals surface area contributed by atoms with Crippen molar-refractivity contribution in [1.82, 2.24) is 16.0 Å². The van der Waals surface area contributed by atoms with Gasteiger partial charge in [0, 0.05) is 43.9 Å². The number of rotatable bonds is 15. The number of benzene rings is 1. The summed E-state index contributed by atoms with van der Waals surface area (Å²) in [5.74, 6) is -1.95. The van der Waals surface area contributed by atoms with Crippen LogP contribution < -0.4 is 20.9 Å². The van der Waals surface area contributed by atoms with E-state index in [9.17, 15) is 19.5 Å². The summed E-state index contributed by atoms with van der Waals surface area (Å²) in [7, 11) is 0. The van der Waals surface area contributed by atoms with E-state index in [4.69, 9.17) is 4.74 Å². The van der Waals surface area contributed by atoms with Gasteiger partial charge >= 0.3 is 5.97 Å². The molecule has 1 aromatic rings. The molecule has 39 heavy (non-hydrogen) atoms. The fourth-order valence-corrected chi connectivity index (χ4v) is 4.98. The number of nitrogens with one attached hydrogen (secondary N) is 3. The Bertz CT molecular complexity index is 970. The lowest BCUT2D eigenvalue weighted by molar-refractivity contribution is -0.142. The Morgan fingerprint density at radius 2 is 1.67 bits per heavy atom. The fourth-order valence-electron chi connectivity index (χ4n) is 4.98. The Balaban J connectivity index is 2.33. The predicted molar refractivity (Wildman–Crippen MR) is 155 cm³/mol. The van der Waals surface area contributed by atoms with Gasteiger partial charge in [0.05, 0.1) is 18.2 Å². The van der Waals surface area contributed by atoms with Crippen molar-refractivity contribution in [2.45, 2.75) is 105 Å². The molecule has 9 nitrogen and oxygen atoms in total. The van der Waals surface area contributed by atoms with Crippen LogP contribution in [0.15, 0.2) is 35.9 Å². The second kappa shape index (κ2) is 15.6. The fraction of sp³-hybridized carbons (Fsp3) is 0.633. The monoisotopic (exact) mass is 544 g/mol. The van der Waals surface area contributed by atoms with Crippen molar-refractivity contribution < 1.29 is 24.2 Å². The molecule has 218 valence electrons. The molecule has 0 unspecified atom stereocenters. The van der Waals surface area contributed by atoms with Gasteiger partial charge in [0.25, 0.3) is 0 Å². The lowest BCUT2D eigenvalue weighted by Gasteiger charge is -2.39. The molecule has 0 spiro atoms. The summed E-state index contributed by atoms with van der Waals surface area (Å²) in [5.41, 5.74) is 2.70. The lowest BCUT2D eigenvalue weighted by atomic mass is 9.86. The number of hydrogen-bond acceptors (Lipinski definition) is 6. The van der Waals surface area contributed by atoms with Gasteiger partial charge in [-0.05, 0) is 62.8 Å². The maximum atomic E-state index is 13.3. The first-order chi connectivity index (χ1) is 18.5. The predicted octanol–water partition coefficient (Wildman–Crippen LogP) is 3.63. The number of aliphatic carboxylic acids is 1. The molecule has 1 aliphatic carbocycles. The van der Waals surface area contributed by atoms with Crippen molar-refractivity contribution in [3.63, 3.8) is 0 Å². The third-order valence-electron chi connectivity index (χ3n) is 7.37. The highest BCUT2D eigenvalue weighted by Gasteiger charge is 2.38. The van der Waals surface area contributed by atoms with E-state index in [2.05, 4.69) is 59.0 Å². The Morgan fingerprint density at radius 1 is 1.05 bits per heavy atom. The van der Waals surface area contributed by atoms with E-state index in [1.807, 2.05) is 13.8 Å². The van der Waals surface area contributed by atoms with Crippen LogP contribution in [0.4, 0.5) is 5.69 Å². The van der Waals surface area contributed by atoms with Gasteiger partial charge in [0.2, 0.25) is 11.8 Å². The topological polar surface area (TPSA) is 120 Å². The second-order valence-electron chi connectivity index (χ2n) is 10.5. The number of carboxylic acid groups (broad SMARTS) is 1. The number of anilines is 1. The van der Waals surface area contributed by atoms with Crippen LogP contribution in [0.5, 0.6) is 0 Å². The Hall–Kier alpha value is -2.91. The zero-order valence-corrected chi connectivity index (χ0v) is 24.6. The summed E-state index contributed by atoms with van der Waals surface area (Å²) in [6, 6.07) is 6.68. The van der Waals surface area contributed by atoms with Crippen molar-refractivity contribution >= 4 is 23.5 Å². The molecule has 0 aliphatic heterocycles. The SMILES string of the molecule is CCC(CC)O[C@@H]1C=C(C(=O)N[C@@H](C(=O)O)C(C)C)C[C@H](NCc2ccc(N(CC)CC)cc2)[C@H]1NC(C)=O. The van der Waals surface area contributed by atoms with E-state index in [1.54, 1.807) is 19.9 Å². The number of carboxylic acids is 1. The van der Waals surface area contributed by atoms with Gasteiger partial charge in [-0.15, -0.1) is 0 Å². The molecule has 4 atom stereocenters. The highest BCUT2D eigenvalue weighted by atomic mass is 16.5. The molecule has 1 aromatic carbocycles. The molecule has 2 amide bonds. The Labute approximate surface area is 233 Å². The van der Waals surface area contributed by atoms with Gasteiger partial charge in [-0.1, -0.05) is 39.8 Å². The molecule has 2 rings (SSSR count). The zero-order chi connectivity index (χ0) is 29.1. The van der Waals surface area contributed by atoms with E-state index >= 15 is 0 Å². The van der Waals surface area contributed by atoms with Gasteiger partial charge in [-0.3, -0.25) is 9.59 Å². The number of hydrogen-bond donors (Lipinski definition) is 4. The number of amides is 2. The first kappa shape index (κ1) is 32.3. The lowest BCUT2D eigenvalue weighted by Crippen LogP contribution is -2.59. The summed E-state index contributed by atoms with van der Waals surface area (Å²) in [6.45, 7) is 15.7. The highest BCUT2D eigenvalue weighted by molar-refractivity contribution is 5.96. The van der Waals surface area contributed by atoms with Crippen LogP contribution in [0, 0.1) is 5.92 Å². The van der Waals surface area contributed by atoms with Crippen LogP contribution in [0.1, 0.15) is 73.3 Å². The average molecular weight is 545 g/mol. The maximum Gasteiger partial charge on any atom is 0.326 e. The third kappa shape index (κ3) is 9.35. The molecule has 0 fully saturated rings. The molecule has 0 saturated carbocycles. The molecular formula is C30H48N4O5. The van der Waals surface area contributed by atoms with Crippen LogP contribution >= 0.6 is 0 Å². The Kier molecular flexibility index (Phi) is 12.9. The van der Waals surface area contributed by atoms with Crippen LogP contribution in [0.3, 0.4) is 0 Å². The van der Waals surface area contributed by atoms with Crippen molar-refractivity contribution in [3.8, 4) is 0 Å². The van der Waals surface area contributed by atoms with Crippen LogP contribution in [0.25, 0.3) is 0 Å². The van der Waals surface area contributed by atoms with Gasteiger partial charge in [-0.2, -0.15) is 0 Å². The zero-order valence-electron chi connectivity index (χ0n) is 24.6. The molecule has 4 N–H and O–H groups in total.